The van der Waals surface area contributed by atoms with Crippen LogP contribution < -0.4 is 0 Å². The molecule has 1 heterocycles. The molecule has 0 aliphatic carbocycles. The molecule has 7 heteroatoms. The van der Waals surface area contributed by atoms with Gasteiger partial charge >= 0.3 is 10.2 Å². The molecule has 1 saturated heterocycles. The van der Waals surface area contributed by atoms with Crippen molar-refractivity contribution in [1.29, 1.82) is 5.26 Å². The van der Waals surface area contributed by atoms with Crippen LogP contribution in [0.3, 0.4) is 0 Å². The van der Waals surface area contributed by atoms with E-state index >= 15 is 0 Å². The number of carbonyl (C=O) groups excluding carboxylic acids is 1. The lowest BCUT2D eigenvalue weighted by molar-refractivity contribution is -0.126. The Balaban J connectivity index is 2.88. The molecule has 5 nitrogen and oxygen atoms in total. The summed E-state index contributed by atoms with van der Waals surface area (Å²) in [6.45, 7) is 1.27. The van der Waals surface area contributed by atoms with Gasteiger partial charge < -0.3 is 4.90 Å². The second kappa shape index (κ2) is 3.98. The summed E-state index contributed by atoms with van der Waals surface area (Å²) in [7, 11) is -4.69. The molecule has 0 saturated carbocycles. The number of rotatable bonds is 2. The Kier molecular flexibility index (Phi) is 3.09. The number of halogens is 1. The SMILES string of the molecule is CC(=CC#N)N1CC(S(=O)(=O)F)CC1=O. The third-order valence-electron chi connectivity index (χ3n) is 2.19. The van der Waals surface area contributed by atoms with Crippen molar-refractivity contribution in [3.05, 3.63) is 11.8 Å². The normalized spacial score (nSPS) is 23.0. The monoisotopic (exact) mass is 232 g/mol. The first-order valence-corrected chi connectivity index (χ1v) is 5.61. The summed E-state index contributed by atoms with van der Waals surface area (Å²) in [5.74, 6) is -0.481. The third kappa shape index (κ3) is 2.53. The minimum Gasteiger partial charge on any atom is -0.314 e. The summed E-state index contributed by atoms with van der Waals surface area (Å²) < 4.78 is 33.7. The van der Waals surface area contributed by atoms with E-state index in [0.29, 0.717) is 5.70 Å². The number of nitriles is 1. The van der Waals surface area contributed by atoms with Crippen molar-refractivity contribution < 1.29 is 17.1 Å². The molecule has 0 aromatic heterocycles. The summed E-state index contributed by atoms with van der Waals surface area (Å²) in [6, 6.07) is 1.72. The molecule has 0 aromatic rings. The molecular formula is C8H9FN2O3S. The Labute approximate surface area is 87.0 Å². The third-order valence-corrected chi connectivity index (χ3v) is 3.30. The van der Waals surface area contributed by atoms with Gasteiger partial charge in [0.2, 0.25) is 5.91 Å². The molecule has 15 heavy (non-hydrogen) atoms. The van der Waals surface area contributed by atoms with Crippen molar-refractivity contribution in [2.75, 3.05) is 6.54 Å². The van der Waals surface area contributed by atoms with Gasteiger partial charge in [0.05, 0.1) is 6.07 Å². The van der Waals surface area contributed by atoms with Gasteiger partial charge in [-0.05, 0) is 6.92 Å². The summed E-state index contributed by atoms with van der Waals surface area (Å²) in [6.07, 6.45) is 0.751. The highest BCUT2D eigenvalue weighted by molar-refractivity contribution is 7.87. The lowest BCUT2D eigenvalue weighted by atomic mass is 10.4. The van der Waals surface area contributed by atoms with Gasteiger partial charge in [0.15, 0.2) is 0 Å². The minimum atomic E-state index is -4.69. The van der Waals surface area contributed by atoms with E-state index in [9.17, 15) is 17.1 Å². The van der Waals surface area contributed by atoms with Gasteiger partial charge in [-0.3, -0.25) is 4.79 Å². The van der Waals surface area contributed by atoms with E-state index in [1.165, 1.54) is 6.92 Å². The number of hydrogen-bond donors (Lipinski definition) is 0. The summed E-state index contributed by atoms with van der Waals surface area (Å²) in [4.78, 5) is 12.4. The molecule has 1 amide bonds. The second-order valence-corrected chi connectivity index (χ2v) is 4.84. The van der Waals surface area contributed by atoms with Crippen molar-refractivity contribution in [3.63, 3.8) is 0 Å². The first-order valence-electron chi connectivity index (χ1n) is 4.16. The molecule has 0 N–H and O–H groups in total. The Bertz CT molecular complexity index is 449. The van der Waals surface area contributed by atoms with Crippen LogP contribution in [0.15, 0.2) is 11.8 Å². The van der Waals surface area contributed by atoms with Crippen LogP contribution in [0.5, 0.6) is 0 Å². The van der Waals surface area contributed by atoms with Gasteiger partial charge in [-0.25, -0.2) is 0 Å². The predicted octanol–water partition coefficient (Wildman–Crippen LogP) is 0.314. The first-order chi connectivity index (χ1) is 6.86. The van der Waals surface area contributed by atoms with E-state index in [-0.39, 0.29) is 13.0 Å². The molecular weight excluding hydrogens is 223 g/mol. The molecule has 0 aromatic carbocycles. The van der Waals surface area contributed by atoms with Crippen molar-refractivity contribution in [3.8, 4) is 6.07 Å². The second-order valence-electron chi connectivity index (χ2n) is 3.22. The van der Waals surface area contributed by atoms with E-state index < -0.39 is 21.4 Å². The molecule has 0 spiro atoms. The van der Waals surface area contributed by atoms with Crippen molar-refractivity contribution in [1.82, 2.24) is 4.90 Å². The molecule has 82 valence electrons. The minimum absolute atomic E-state index is 0.221. The quantitative estimate of drug-likeness (QED) is 0.507. The molecule has 1 aliphatic rings. The topological polar surface area (TPSA) is 78.2 Å². The van der Waals surface area contributed by atoms with E-state index in [1.54, 1.807) is 6.07 Å². The highest BCUT2D eigenvalue weighted by Crippen LogP contribution is 2.22. The lowest BCUT2D eigenvalue weighted by Crippen LogP contribution is -2.25. The maximum Gasteiger partial charge on any atom is 0.307 e. The van der Waals surface area contributed by atoms with Gasteiger partial charge in [-0.15, -0.1) is 3.89 Å². The number of carbonyl (C=O) groups is 1. The van der Waals surface area contributed by atoms with Crippen LogP contribution in [0.2, 0.25) is 0 Å². The zero-order valence-corrected chi connectivity index (χ0v) is 8.79. The van der Waals surface area contributed by atoms with Gasteiger partial charge in [0.25, 0.3) is 0 Å². The molecule has 1 atom stereocenters. The molecule has 0 bridgehead atoms. The van der Waals surface area contributed by atoms with Crippen LogP contribution in [0.25, 0.3) is 0 Å². The van der Waals surface area contributed by atoms with E-state index in [2.05, 4.69) is 0 Å². The number of allylic oxidation sites excluding steroid dienone is 2. The van der Waals surface area contributed by atoms with Crippen LogP contribution in [0.4, 0.5) is 3.89 Å². The summed E-state index contributed by atoms with van der Waals surface area (Å²) in [5.41, 5.74) is 0.327. The molecule has 1 unspecified atom stereocenters. The zero-order chi connectivity index (χ0) is 11.6. The smallest absolute Gasteiger partial charge is 0.307 e. The van der Waals surface area contributed by atoms with Crippen LogP contribution in [-0.2, 0) is 15.0 Å². The van der Waals surface area contributed by atoms with Crippen molar-refractivity contribution >= 4 is 16.1 Å². The fourth-order valence-corrected chi connectivity index (χ4v) is 2.04. The van der Waals surface area contributed by atoms with E-state index in [0.717, 1.165) is 11.0 Å². The molecule has 0 radical (unpaired) electrons. The van der Waals surface area contributed by atoms with Gasteiger partial charge in [-0.1, -0.05) is 0 Å². The number of hydrogen-bond acceptors (Lipinski definition) is 4. The van der Waals surface area contributed by atoms with Crippen molar-refractivity contribution in [2.45, 2.75) is 18.6 Å². The van der Waals surface area contributed by atoms with E-state index in [4.69, 9.17) is 5.26 Å². The maximum atomic E-state index is 12.6. The Morgan fingerprint density at radius 2 is 2.33 bits per heavy atom. The average molecular weight is 232 g/mol. The fourth-order valence-electron chi connectivity index (χ4n) is 1.38. The number of likely N-dealkylation sites (tertiary alicyclic amines) is 1. The van der Waals surface area contributed by atoms with Gasteiger partial charge in [0.1, 0.15) is 5.25 Å². The van der Waals surface area contributed by atoms with E-state index in [1.807, 2.05) is 0 Å². The fraction of sp³-hybridized carbons (Fsp3) is 0.500. The maximum absolute atomic E-state index is 12.6. The largest absolute Gasteiger partial charge is 0.314 e. The van der Waals surface area contributed by atoms with Crippen LogP contribution >= 0.6 is 0 Å². The Morgan fingerprint density at radius 1 is 1.73 bits per heavy atom. The number of amides is 1. The van der Waals surface area contributed by atoms with Gasteiger partial charge in [0, 0.05) is 24.7 Å². The summed E-state index contributed by atoms with van der Waals surface area (Å²) >= 11 is 0. The number of nitrogens with zero attached hydrogens (tertiary/aromatic N) is 2. The van der Waals surface area contributed by atoms with Gasteiger partial charge in [-0.2, -0.15) is 13.7 Å². The Hall–Kier alpha value is -1.42. The lowest BCUT2D eigenvalue weighted by Gasteiger charge is -2.15. The highest BCUT2D eigenvalue weighted by atomic mass is 32.3. The zero-order valence-electron chi connectivity index (χ0n) is 7.97. The van der Waals surface area contributed by atoms with Crippen LogP contribution in [0, 0.1) is 11.3 Å². The van der Waals surface area contributed by atoms with Crippen LogP contribution in [-0.4, -0.2) is 31.0 Å². The highest BCUT2D eigenvalue weighted by Gasteiger charge is 2.38. The molecule has 1 fully saturated rings. The van der Waals surface area contributed by atoms with Crippen molar-refractivity contribution in [2.24, 2.45) is 0 Å². The average Bonchev–Trinajstić information content (AvgIpc) is 2.47. The first kappa shape index (κ1) is 11.7. The van der Waals surface area contributed by atoms with Crippen LogP contribution in [0.1, 0.15) is 13.3 Å². The molecule has 1 aliphatic heterocycles. The Morgan fingerprint density at radius 3 is 2.73 bits per heavy atom. The summed E-state index contributed by atoms with van der Waals surface area (Å²) in [5, 5.41) is 7.04. The molecule has 1 rings (SSSR count). The standard InChI is InChI=1S/C8H9FN2O3S/c1-6(2-3-10)11-5-7(4-8(11)12)15(9,13)14/h2,7H,4-5H2,1H3. The predicted molar refractivity (Wildman–Crippen MR) is 49.5 cm³/mol.